The maximum atomic E-state index is 12.4. The van der Waals surface area contributed by atoms with Crippen LogP contribution >= 0.6 is 0 Å². The number of aromatic nitrogens is 1. The van der Waals surface area contributed by atoms with E-state index in [-0.39, 0.29) is 30.9 Å². The summed E-state index contributed by atoms with van der Waals surface area (Å²) in [4.78, 5) is 28.2. The number of ether oxygens (including phenoxy) is 1. The third-order valence-corrected chi connectivity index (χ3v) is 5.42. The normalized spacial score (nSPS) is 13.7. The van der Waals surface area contributed by atoms with E-state index in [4.69, 9.17) is 9.15 Å². The molecule has 7 heteroatoms. The number of oxazole rings is 1. The number of carbonyl (C=O) groups excluding carboxylic acids is 2. The van der Waals surface area contributed by atoms with Crippen LogP contribution in [-0.2, 0) is 16.0 Å². The van der Waals surface area contributed by atoms with Crippen molar-refractivity contribution >= 4 is 17.5 Å². The van der Waals surface area contributed by atoms with Crippen molar-refractivity contribution in [1.82, 2.24) is 10.3 Å². The Balaban J connectivity index is 1.33. The first kappa shape index (κ1) is 20.7. The van der Waals surface area contributed by atoms with Crippen molar-refractivity contribution in [1.29, 1.82) is 0 Å². The average Bonchev–Trinajstić information content (AvgIpc) is 3.22. The number of benzene rings is 2. The molecule has 0 fully saturated rings. The van der Waals surface area contributed by atoms with Crippen LogP contribution < -0.4 is 15.4 Å². The molecule has 4 rings (SSSR count). The minimum absolute atomic E-state index is 0.0185. The Morgan fingerprint density at radius 3 is 2.84 bits per heavy atom. The van der Waals surface area contributed by atoms with Crippen molar-refractivity contribution in [2.24, 2.45) is 0 Å². The number of carbonyl (C=O) groups is 2. The zero-order valence-electron chi connectivity index (χ0n) is 17.8. The van der Waals surface area contributed by atoms with Crippen molar-refractivity contribution in [2.75, 3.05) is 11.9 Å². The van der Waals surface area contributed by atoms with Gasteiger partial charge in [0.05, 0.1) is 17.9 Å². The molecule has 31 heavy (non-hydrogen) atoms. The summed E-state index contributed by atoms with van der Waals surface area (Å²) in [6.07, 6.45) is 2.38. The van der Waals surface area contributed by atoms with Crippen LogP contribution in [0.25, 0.3) is 11.3 Å². The molecular weight excluding hydrogens is 394 g/mol. The fourth-order valence-corrected chi connectivity index (χ4v) is 3.44. The molecule has 2 aromatic carbocycles. The third kappa shape index (κ3) is 4.77. The van der Waals surface area contributed by atoms with Gasteiger partial charge in [-0.2, -0.15) is 0 Å². The fourth-order valence-electron chi connectivity index (χ4n) is 3.44. The van der Waals surface area contributed by atoms with Crippen molar-refractivity contribution in [2.45, 2.75) is 39.7 Å². The molecule has 0 spiro atoms. The number of rotatable bonds is 6. The molecule has 2 N–H and O–H groups in total. The number of hydrogen-bond donors (Lipinski definition) is 2. The number of nitrogens with one attached hydrogen (secondary N) is 2. The lowest BCUT2D eigenvalue weighted by atomic mass is 10.1. The maximum absolute atomic E-state index is 12.4. The van der Waals surface area contributed by atoms with Crippen LogP contribution in [0.4, 0.5) is 5.69 Å². The van der Waals surface area contributed by atoms with Crippen molar-refractivity contribution in [3.05, 3.63) is 65.2 Å². The van der Waals surface area contributed by atoms with E-state index < -0.39 is 0 Å². The Hall–Kier alpha value is -3.61. The van der Waals surface area contributed by atoms with E-state index >= 15 is 0 Å². The molecule has 0 saturated heterocycles. The molecule has 1 atom stereocenters. The lowest BCUT2D eigenvalue weighted by Gasteiger charge is -2.21. The molecular formula is C24H25N3O4. The number of aryl methyl sites for hydroxylation is 3. The summed E-state index contributed by atoms with van der Waals surface area (Å²) < 4.78 is 11.2. The number of anilines is 1. The highest BCUT2D eigenvalue weighted by Gasteiger charge is 2.18. The Bertz CT molecular complexity index is 1140. The predicted molar refractivity (Wildman–Crippen MR) is 117 cm³/mol. The van der Waals surface area contributed by atoms with Gasteiger partial charge < -0.3 is 19.8 Å². The third-order valence-electron chi connectivity index (χ3n) is 5.42. The van der Waals surface area contributed by atoms with Gasteiger partial charge in [0.15, 0.2) is 18.3 Å². The van der Waals surface area contributed by atoms with Crippen LogP contribution in [-0.4, -0.2) is 23.4 Å². The molecule has 0 aliphatic carbocycles. The van der Waals surface area contributed by atoms with Crippen LogP contribution in [0, 0.1) is 13.8 Å². The molecule has 160 valence electrons. The Labute approximate surface area is 180 Å². The van der Waals surface area contributed by atoms with Gasteiger partial charge in [0.2, 0.25) is 5.91 Å². The highest BCUT2D eigenvalue weighted by atomic mass is 16.5. The molecule has 3 aromatic rings. The molecule has 2 amide bonds. The van der Waals surface area contributed by atoms with Crippen LogP contribution in [0.2, 0.25) is 0 Å². The minimum atomic E-state index is -0.215. The van der Waals surface area contributed by atoms with Gasteiger partial charge in [0, 0.05) is 18.4 Å². The second-order valence-electron chi connectivity index (χ2n) is 7.80. The van der Waals surface area contributed by atoms with Crippen molar-refractivity contribution in [3.63, 3.8) is 0 Å². The highest BCUT2D eigenvalue weighted by Crippen LogP contribution is 2.30. The van der Waals surface area contributed by atoms with Crippen molar-refractivity contribution in [3.8, 4) is 17.1 Å². The first-order valence-electron chi connectivity index (χ1n) is 10.3. The first-order chi connectivity index (χ1) is 14.9. The van der Waals surface area contributed by atoms with Crippen LogP contribution in [0.5, 0.6) is 5.75 Å². The van der Waals surface area contributed by atoms with E-state index in [1.165, 1.54) is 11.1 Å². The Morgan fingerprint density at radius 1 is 1.19 bits per heavy atom. The molecule has 0 saturated carbocycles. The van der Waals surface area contributed by atoms with Gasteiger partial charge in [0.1, 0.15) is 5.75 Å². The maximum Gasteiger partial charge on any atom is 0.262 e. The molecule has 1 aromatic heterocycles. The summed E-state index contributed by atoms with van der Waals surface area (Å²) in [5, 5.41) is 5.75. The van der Waals surface area contributed by atoms with Gasteiger partial charge in [0.25, 0.3) is 5.91 Å². The summed E-state index contributed by atoms with van der Waals surface area (Å²) in [6, 6.07) is 11.4. The SMILES string of the molecule is Cc1ccc(-c2cnc(CCC(=O)N[C@H](C)c3ccc4c(c3)NC(=O)CO4)o2)cc1C. The Morgan fingerprint density at radius 2 is 2.03 bits per heavy atom. The van der Waals surface area contributed by atoms with Crippen LogP contribution in [0.15, 0.2) is 47.0 Å². The molecule has 1 aliphatic rings. The second-order valence-corrected chi connectivity index (χ2v) is 7.80. The van der Waals surface area contributed by atoms with Gasteiger partial charge in [-0.3, -0.25) is 9.59 Å². The molecule has 0 unspecified atom stereocenters. The van der Waals surface area contributed by atoms with Gasteiger partial charge in [-0.05, 0) is 55.7 Å². The average molecular weight is 419 g/mol. The van der Waals surface area contributed by atoms with Crippen LogP contribution in [0.3, 0.4) is 0 Å². The number of hydrogen-bond acceptors (Lipinski definition) is 5. The second kappa shape index (κ2) is 8.63. The van der Waals surface area contributed by atoms with E-state index in [2.05, 4.69) is 41.6 Å². The number of amides is 2. The summed E-state index contributed by atoms with van der Waals surface area (Å²) in [7, 11) is 0. The van der Waals surface area contributed by atoms with E-state index in [0.717, 1.165) is 11.1 Å². The first-order valence-corrected chi connectivity index (χ1v) is 10.3. The quantitative estimate of drug-likeness (QED) is 0.627. The lowest BCUT2D eigenvalue weighted by Crippen LogP contribution is -2.28. The van der Waals surface area contributed by atoms with Crippen LogP contribution in [0.1, 0.15) is 42.0 Å². The summed E-state index contributed by atoms with van der Waals surface area (Å²) in [5.74, 6) is 1.57. The standard InChI is InChI=1S/C24H25N3O4/c1-14-4-5-18(10-15(14)2)21-12-25-24(31-21)9-8-22(28)26-16(3)17-6-7-20-19(11-17)27-23(29)13-30-20/h4-7,10-12,16H,8-9,13H2,1-3H3,(H,26,28)(H,27,29)/t16-/m1/s1. The van der Waals surface area contributed by atoms with Crippen molar-refractivity contribution < 1.29 is 18.7 Å². The van der Waals surface area contributed by atoms with Gasteiger partial charge in [-0.1, -0.05) is 18.2 Å². The van der Waals surface area contributed by atoms with Gasteiger partial charge in [-0.25, -0.2) is 4.98 Å². The summed E-state index contributed by atoms with van der Waals surface area (Å²) in [5.41, 5.74) is 4.89. The van der Waals surface area contributed by atoms with Gasteiger partial charge >= 0.3 is 0 Å². The topological polar surface area (TPSA) is 93.5 Å². The summed E-state index contributed by atoms with van der Waals surface area (Å²) in [6.45, 7) is 6.04. The molecule has 0 bridgehead atoms. The predicted octanol–water partition coefficient (Wildman–Crippen LogP) is 4.10. The highest BCUT2D eigenvalue weighted by molar-refractivity contribution is 5.95. The molecule has 2 heterocycles. The number of nitrogens with zero attached hydrogens (tertiary/aromatic N) is 1. The Kier molecular flexibility index (Phi) is 5.75. The molecule has 1 aliphatic heterocycles. The molecule has 0 radical (unpaired) electrons. The monoisotopic (exact) mass is 419 g/mol. The minimum Gasteiger partial charge on any atom is -0.482 e. The smallest absolute Gasteiger partial charge is 0.262 e. The van der Waals surface area contributed by atoms with E-state index in [0.29, 0.717) is 29.5 Å². The van der Waals surface area contributed by atoms with E-state index in [1.807, 2.05) is 25.1 Å². The lowest BCUT2D eigenvalue weighted by molar-refractivity contribution is -0.122. The largest absolute Gasteiger partial charge is 0.482 e. The molecule has 7 nitrogen and oxygen atoms in total. The zero-order valence-corrected chi connectivity index (χ0v) is 17.8. The zero-order chi connectivity index (χ0) is 22.0. The fraction of sp³-hybridized carbons (Fsp3) is 0.292. The summed E-state index contributed by atoms with van der Waals surface area (Å²) >= 11 is 0. The number of fused-ring (bicyclic) bond motifs is 1. The van der Waals surface area contributed by atoms with Gasteiger partial charge in [-0.15, -0.1) is 0 Å². The van der Waals surface area contributed by atoms with E-state index in [1.54, 1.807) is 12.3 Å². The van der Waals surface area contributed by atoms with E-state index in [9.17, 15) is 9.59 Å².